The van der Waals surface area contributed by atoms with E-state index in [1.165, 1.54) is 21.5 Å². The van der Waals surface area contributed by atoms with Crippen LogP contribution >= 0.6 is 0 Å². The van der Waals surface area contributed by atoms with Gasteiger partial charge >= 0.3 is 0 Å². The first kappa shape index (κ1) is 18.5. The zero-order chi connectivity index (χ0) is 20.7. The summed E-state index contributed by atoms with van der Waals surface area (Å²) in [5.41, 5.74) is 4.10. The van der Waals surface area contributed by atoms with Crippen molar-refractivity contribution in [3.05, 3.63) is 96.7 Å². The van der Waals surface area contributed by atoms with Crippen molar-refractivity contribution in [2.45, 2.75) is 26.2 Å². The maximum absolute atomic E-state index is 4.99. The van der Waals surface area contributed by atoms with Crippen LogP contribution in [-0.4, -0.2) is 9.97 Å². The summed E-state index contributed by atoms with van der Waals surface area (Å²) in [6.45, 7) is 6.59. The molecule has 30 heavy (non-hydrogen) atoms. The Morgan fingerprint density at radius 2 is 1.07 bits per heavy atom. The molecule has 0 aliphatic rings. The van der Waals surface area contributed by atoms with Crippen LogP contribution in [0.4, 0.5) is 0 Å². The summed E-state index contributed by atoms with van der Waals surface area (Å²) in [7, 11) is 0. The molecule has 0 aliphatic carbocycles. The van der Waals surface area contributed by atoms with Crippen molar-refractivity contribution in [1.82, 2.24) is 9.97 Å². The third-order valence-corrected chi connectivity index (χ3v) is 5.55. The number of hydrogen-bond donors (Lipinski definition) is 0. The highest BCUT2D eigenvalue weighted by atomic mass is 14.9. The van der Waals surface area contributed by atoms with Crippen molar-refractivity contribution in [1.29, 1.82) is 0 Å². The van der Waals surface area contributed by atoms with Gasteiger partial charge in [0.1, 0.15) is 0 Å². The Morgan fingerprint density at radius 1 is 0.533 bits per heavy atom. The van der Waals surface area contributed by atoms with Crippen LogP contribution in [0.15, 0.2) is 91.0 Å². The van der Waals surface area contributed by atoms with Gasteiger partial charge in [0.2, 0.25) is 0 Å². The van der Waals surface area contributed by atoms with E-state index in [9.17, 15) is 0 Å². The molecule has 0 amide bonds. The van der Waals surface area contributed by atoms with E-state index < -0.39 is 0 Å². The zero-order valence-corrected chi connectivity index (χ0v) is 17.6. The number of fused-ring (bicyclic) bond motifs is 2. The highest BCUT2D eigenvalue weighted by molar-refractivity contribution is 5.88. The predicted molar refractivity (Wildman–Crippen MR) is 127 cm³/mol. The average Bonchev–Trinajstić information content (AvgIpc) is 2.77. The van der Waals surface area contributed by atoms with Crippen molar-refractivity contribution in [2.24, 2.45) is 0 Å². The quantitative estimate of drug-likeness (QED) is 0.314. The van der Waals surface area contributed by atoms with Crippen LogP contribution in [0.3, 0.4) is 0 Å². The zero-order valence-electron chi connectivity index (χ0n) is 17.6. The van der Waals surface area contributed by atoms with E-state index in [1.807, 2.05) is 0 Å². The van der Waals surface area contributed by atoms with Gasteiger partial charge in [-0.3, -0.25) is 0 Å². The molecule has 0 atom stereocenters. The molecule has 4 aromatic carbocycles. The lowest BCUT2D eigenvalue weighted by molar-refractivity contribution is 0.568. The van der Waals surface area contributed by atoms with Gasteiger partial charge in [0.25, 0.3) is 0 Å². The lowest BCUT2D eigenvalue weighted by Crippen LogP contribution is -2.15. The Morgan fingerprint density at radius 3 is 1.67 bits per heavy atom. The molecule has 5 aromatic rings. The molecule has 0 N–H and O–H groups in total. The van der Waals surface area contributed by atoms with Gasteiger partial charge in [-0.1, -0.05) is 93.6 Å². The lowest BCUT2D eigenvalue weighted by atomic mass is 9.90. The van der Waals surface area contributed by atoms with Gasteiger partial charge in [0.15, 0.2) is 5.82 Å². The number of rotatable bonds is 2. The fraction of sp³-hybridized carbons (Fsp3) is 0.143. The molecule has 146 valence electrons. The van der Waals surface area contributed by atoms with Crippen LogP contribution < -0.4 is 0 Å². The van der Waals surface area contributed by atoms with Gasteiger partial charge in [0.05, 0.1) is 11.4 Å². The van der Waals surface area contributed by atoms with Gasteiger partial charge in [-0.2, -0.15) is 0 Å². The van der Waals surface area contributed by atoms with Crippen molar-refractivity contribution in [3.63, 3.8) is 0 Å². The average molecular weight is 389 g/mol. The molecule has 2 heteroatoms. The first-order valence-corrected chi connectivity index (χ1v) is 10.4. The van der Waals surface area contributed by atoms with Gasteiger partial charge in [-0.05, 0) is 39.7 Å². The normalized spacial score (nSPS) is 11.8. The maximum Gasteiger partial charge on any atom is 0.160 e. The van der Waals surface area contributed by atoms with Crippen LogP contribution in [0.5, 0.6) is 0 Å². The van der Waals surface area contributed by atoms with Gasteiger partial charge in [-0.25, -0.2) is 9.97 Å². The molecule has 5 rings (SSSR count). The minimum Gasteiger partial charge on any atom is -0.232 e. The van der Waals surface area contributed by atoms with E-state index in [-0.39, 0.29) is 5.41 Å². The number of nitrogens with zero attached hydrogens (tertiary/aromatic N) is 2. The molecule has 2 nitrogen and oxygen atoms in total. The second kappa shape index (κ2) is 7.07. The standard InChI is InChI=1S/C28H24N2/c1-28(2,3)26-18-25(23-14-12-19-8-4-6-10-21(19)16-23)29-27(30-26)24-15-13-20-9-5-7-11-22(20)17-24/h4-18H,1-3H3. The summed E-state index contributed by atoms with van der Waals surface area (Å²) in [5.74, 6) is 0.774. The number of benzene rings is 4. The molecule has 1 heterocycles. The summed E-state index contributed by atoms with van der Waals surface area (Å²) in [6, 6.07) is 32.0. The molecule has 1 aromatic heterocycles. The van der Waals surface area contributed by atoms with Gasteiger partial charge in [0, 0.05) is 16.5 Å². The summed E-state index contributed by atoms with van der Waals surface area (Å²) >= 11 is 0. The Kier molecular flexibility index (Phi) is 4.36. The van der Waals surface area contributed by atoms with Crippen molar-refractivity contribution in [3.8, 4) is 22.6 Å². The van der Waals surface area contributed by atoms with Gasteiger partial charge in [-0.15, -0.1) is 0 Å². The van der Waals surface area contributed by atoms with E-state index in [0.717, 1.165) is 28.3 Å². The lowest BCUT2D eigenvalue weighted by Gasteiger charge is -2.20. The summed E-state index contributed by atoms with van der Waals surface area (Å²) in [4.78, 5) is 9.95. The largest absolute Gasteiger partial charge is 0.232 e. The van der Waals surface area contributed by atoms with Crippen LogP contribution in [0.25, 0.3) is 44.2 Å². The van der Waals surface area contributed by atoms with Crippen LogP contribution in [0, 0.1) is 0 Å². The van der Waals surface area contributed by atoms with Crippen molar-refractivity contribution >= 4 is 21.5 Å². The SMILES string of the molecule is CC(C)(C)c1cc(-c2ccc3ccccc3c2)nc(-c2ccc3ccccc3c2)n1. The molecule has 0 radical (unpaired) electrons. The third kappa shape index (κ3) is 3.46. The van der Waals surface area contributed by atoms with E-state index in [0.29, 0.717) is 0 Å². The first-order chi connectivity index (χ1) is 14.5. The minimum atomic E-state index is -0.0693. The highest BCUT2D eigenvalue weighted by Crippen LogP contribution is 2.31. The monoisotopic (exact) mass is 388 g/mol. The minimum absolute atomic E-state index is 0.0693. The van der Waals surface area contributed by atoms with Crippen LogP contribution in [-0.2, 0) is 5.41 Å². The topological polar surface area (TPSA) is 25.8 Å². The molecule has 0 unspecified atom stereocenters. The summed E-state index contributed by atoms with van der Waals surface area (Å²) in [6.07, 6.45) is 0. The Labute approximate surface area is 177 Å². The predicted octanol–water partition coefficient (Wildman–Crippen LogP) is 7.41. The maximum atomic E-state index is 4.99. The van der Waals surface area contributed by atoms with E-state index in [4.69, 9.17) is 9.97 Å². The van der Waals surface area contributed by atoms with Gasteiger partial charge < -0.3 is 0 Å². The molecular weight excluding hydrogens is 364 g/mol. The Balaban J connectivity index is 1.70. The van der Waals surface area contributed by atoms with Crippen molar-refractivity contribution < 1.29 is 0 Å². The molecule has 0 saturated heterocycles. The first-order valence-electron chi connectivity index (χ1n) is 10.4. The smallest absolute Gasteiger partial charge is 0.160 e. The Bertz CT molecular complexity index is 1280. The van der Waals surface area contributed by atoms with Crippen LogP contribution in [0.2, 0.25) is 0 Å². The molecule has 0 bridgehead atoms. The van der Waals surface area contributed by atoms with Crippen molar-refractivity contribution in [2.75, 3.05) is 0 Å². The van der Waals surface area contributed by atoms with E-state index >= 15 is 0 Å². The summed E-state index contributed by atoms with van der Waals surface area (Å²) in [5, 5.41) is 4.88. The molecule has 0 saturated carbocycles. The number of aromatic nitrogens is 2. The fourth-order valence-electron chi connectivity index (χ4n) is 3.79. The van der Waals surface area contributed by atoms with E-state index in [2.05, 4.69) is 112 Å². The molecule has 0 spiro atoms. The highest BCUT2D eigenvalue weighted by Gasteiger charge is 2.19. The second-order valence-electron chi connectivity index (χ2n) is 8.84. The second-order valence-corrected chi connectivity index (χ2v) is 8.84. The third-order valence-electron chi connectivity index (χ3n) is 5.55. The van der Waals surface area contributed by atoms with E-state index in [1.54, 1.807) is 0 Å². The summed E-state index contributed by atoms with van der Waals surface area (Å²) < 4.78 is 0. The Hall–Kier alpha value is -3.52. The number of hydrogen-bond acceptors (Lipinski definition) is 2. The fourth-order valence-corrected chi connectivity index (χ4v) is 3.79. The molecule has 0 aliphatic heterocycles. The molecule has 0 fully saturated rings. The van der Waals surface area contributed by atoms with Crippen LogP contribution in [0.1, 0.15) is 26.5 Å². The molecular formula is C28H24N2.